The van der Waals surface area contributed by atoms with Gasteiger partial charge in [-0.15, -0.1) is 0 Å². The monoisotopic (exact) mass is 348 g/mol. The number of ether oxygens (including phenoxy) is 1. The highest BCUT2D eigenvalue weighted by atomic mass is 32.2. The summed E-state index contributed by atoms with van der Waals surface area (Å²) in [6, 6.07) is 12.1. The van der Waals surface area contributed by atoms with Crippen LogP contribution in [0.4, 0.5) is 11.4 Å². The molecule has 6 nitrogen and oxygen atoms in total. The fourth-order valence-corrected chi connectivity index (χ4v) is 3.48. The van der Waals surface area contributed by atoms with Crippen LogP contribution in [0.1, 0.15) is 18.1 Å². The largest absolute Gasteiger partial charge is 0.495 e. The van der Waals surface area contributed by atoms with Crippen LogP contribution in [-0.2, 0) is 20.6 Å². The molecule has 128 valence electrons. The minimum Gasteiger partial charge on any atom is -0.495 e. The first-order valence-corrected chi connectivity index (χ1v) is 8.96. The van der Waals surface area contributed by atoms with Gasteiger partial charge in [0.25, 0.3) is 0 Å². The lowest BCUT2D eigenvalue weighted by Crippen LogP contribution is -2.16. The van der Waals surface area contributed by atoms with Crippen LogP contribution < -0.4 is 14.8 Å². The lowest BCUT2D eigenvalue weighted by molar-refractivity contribution is -0.114. The molecule has 0 fully saturated rings. The number of methoxy groups -OCH3 is 1. The summed E-state index contributed by atoms with van der Waals surface area (Å²) in [5, 5.41) is 2.61. The van der Waals surface area contributed by atoms with Crippen molar-refractivity contribution in [1.29, 1.82) is 0 Å². The fourth-order valence-electron chi connectivity index (χ4n) is 2.29. The second kappa shape index (κ2) is 7.35. The van der Waals surface area contributed by atoms with Gasteiger partial charge in [0.05, 0.1) is 18.6 Å². The van der Waals surface area contributed by atoms with Gasteiger partial charge in [0, 0.05) is 12.6 Å². The van der Waals surface area contributed by atoms with Gasteiger partial charge in [-0.25, -0.2) is 8.42 Å². The summed E-state index contributed by atoms with van der Waals surface area (Å²) in [7, 11) is -2.17. The number of hydrogen-bond acceptors (Lipinski definition) is 4. The molecule has 0 saturated carbocycles. The molecule has 0 spiro atoms. The molecule has 7 heteroatoms. The van der Waals surface area contributed by atoms with Gasteiger partial charge in [0.2, 0.25) is 15.9 Å². The molecule has 0 aliphatic rings. The van der Waals surface area contributed by atoms with Gasteiger partial charge in [0.1, 0.15) is 5.75 Å². The van der Waals surface area contributed by atoms with Crippen molar-refractivity contribution < 1.29 is 17.9 Å². The zero-order valence-corrected chi connectivity index (χ0v) is 14.6. The summed E-state index contributed by atoms with van der Waals surface area (Å²) < 4.78 is 32.6. The number of carbonyl (C=O) groups excluding carboxylic acids is 1. The fraction of sp³-hybridized carbons (Fsp3) is 0.235. The average Bonchev–Trinajstić information content (AvgIpc) is 2.46. The molecule has 2 aromatic carbocycles. The Hall–Kier alpha value is -2.54. The Kier molecular flexibility index (Phi) is 5.46. The molecular formula is C17H20N2O4S. The molecule has 0 aromatic heterocycles. The number of hydrogen-bond donors (Lipinski definition) is 2. The van der Waals surface area contributed by atoms with E-state index in [0.29, 0.717) is 17.0 Å². The summed E-state index contributed by atoms with van der Waals surface area (Å²) in [4.78, 5) is 11.2. The van der Waals surface area contributed by atoms with Crippen LogP contribution >= 0.6 is 0 Å². The third kappa shape index (κ3) is 4.99. The minimum atomic E-state index is -3.62. The van der Waals surface area contributed by atoms with Crippen molar-refractivity contribution in [1.82, 2.24) is 0 Å². The number of benzene rings is 2. The Morgan fingerprint density at radius 1 is 1.17 bits per heavy atom. The van der Waals surface area contributed by atoms with Gasteiger partial charge >= 0.3 is 0 Å². The normalized spacial score (nSPS) is 11.0. The molecule has 2 aromatic rings. The second-order valence-corrected chi connectivity index (χ2v) is 7.17. The lowest BCUT2D eigenvalue weighted by Gasteiger charge is -2.14. The molecule has 0 radical (unpaired) electrons. The van der Waals surface area contributed by atoms with Crippen LogP contribution in [0.3, 0.4) is 0 Å². The summed E-state index contributed by atoms with van der Waals surface area (Å²) in [5.74, 6) is -0.0204. The molecule has 0 saturated heterocycles. The lowest BCUT2D eigenvalue weighted by atomic mass is 10.2. The molecule has 24 heavy (non-hydrogen) atoms. The van der Waals surface area contributed by atoms with Gasteiger partial charge in [-0.2, -0.15) is 0 Å². The van der Waals surface area contributed by atoms with E-state index >= 15 is 0 Å². The van der Waals surface area contributed by atoms with Gasteiger partial charge in [-0.1, -0.05) is 29.8 Å². The van der Waals surface area contributed by atoms with Crippen LogP contribution in [0, 0.1) is 6.92 Å². The number of aryl methyl sites for hydroxylation is 1. The predicted molar refractivity (Wildman–Crippen MR) is 94.7 cm³/mol. The van der Waals surface area contributed by atoms with Gasteiger partial charge < -0.3 is 10.1 Å². The molecule has 1 amide bonds. The number of nitrogens with one attached hydrogen (secondary N) is 2. The Morgan fingerprint density at radius 3 is 2.54 bits per heavy atom. The van der Waals surface area contributed by atoms with Gasteiger partial charge in [-0.05, 0) is 30.7 Å². The first kappa shape index (κ1) is 17.8. The maximum absolute atomic E-state index is 12.4. The zero-order valence-electron chi connectivity index (χ0n) is 13.8. The number of rotatable bonds is 6. The van der Waals surface area contributed by atoms with Crippen LogP contribution in [-0.4, -0.2) is 21.4 Å². The van der Waals surface area contributed by atoms with Crippen LogP contribution in [0.2, 0.25) is 0 Å². The highest BCUT2D eigenvalue weighted by Crippen LogP contribution is 2.29. The van der Waals surface area contributed by atoms with Crippen LogP contribution in [0.25, 0.3) is 0 Å². The van der Waals surface area contributed by atoms with E-state index in [0.717, 1.165) is 5.56 Å². The Bertz CT molecular complexity index is 847. The molecule has 0 bridgehead atoms. The van der Waals surface area contributed by atoms with E-state index in [1.807, 2.05) is 25.1 Å². The quantitative estimate of drug-likeness (QED) is 0.841. The molecule has 2 N–H and O–H groups in total. The molecule has 0 aliphatic heterocycles. The predicted octanol–water partition coefficient (Wildman–Crippen LogP) is 2.90. The van der Waals surface area contributed by atoms with Crippen LogP contribution in [0.5, 0.6) is 5.75 Å². The molecular weight excluding hydrogens is 328 g/mol. The summed E-state index contributed by atoms with van der Waals surface area (Å²) in [6.45, 7) is 3.29. The van der Waals surface area contributed by atoms with E-state index in [1.165, 1.54) is 20.1 Å². The van der Waals surface area contributed by atoms with E-state index in [-0.39, 0.29) is 17.3 Å². The Labute approximate surface area is 141 Å². The van der Waals surface area contributed by atoms with E-state index in [2.05, 4.69) is 10.0 Å². The average molecular weight is 348 g/mol. The molecule has 0 atom stereocenters. The summed E-state index contributed by atoms with van der Waals surface area (Å²) in [6.07, 6.45) is 0. The van der Waals surface area contributed by atoms with Crippen molar-refractivity contribution in [3.8, 4) is 5.75 Å². The van der Waals surface area contributed by atoms with Crippen molar-refractivity contribution in [2.75, 3.05) is 17.1 Å². The van der Waals surface area contributed by atoms with E-state index in [1.54, 1.807) is 18.2 Å². The number of anilines is 2. The summed E-state index contributed by atoms with van der Waals surface area (Å²) in [5.41, 5.74) is 2.44. The molecule has 0 unspecified atom stereocenters. The standard InChI is InChI=1S/C17H20N2O4S/c1-12-5-4-6-14(9-12)11-24(21,22)19-16-10-15(18-13(2)20)7-8-17(16)23-3/h4-10,19H,11H2,1-3H3,(H,18,20). The second-order valence-electron chi connectivity index (χ2n) is 5.45. The van der Waals surface area contributed by atoms with Gasteiger partial charge in [0.15, 0.2) is 0 Å². The van der Waals surface area contributed by atoms with Crippen LogP contribution in [0.15, 0.2) is 42.5 Å². The summed E-state index contributed by atoms with van der Waals surface area (Å²) >= 11 is 0. The van der Waals surface area contributed by atoms with E-state index < -0.39 is 10.0 Å². The smallest absolute Gasteiger partial charge is 0.237 e. The van der Waals surface area contributed by atoms with Crippen molar-refractivity contribution in [3.63, 3.8) is 0 Å². The third-order valence-electron chi connectivity index (χ3n) is 3.22. The SMILES string of the molecule is COc1ccc(NC(C)=O)cc1NS(=O)(=O)Cc1cccc(C)c1. The molecule has 0 heterocycles. The molecule has 2 rings (SSSR count). The Morgan fingerprint density at radius 2 is 1.92 bits per heavy atom. The maximum Gasteiger partial charge on any atom is 0.237 e. The van der Waals surface area contributed by atoms with Gasteiger partial charge in [-0.3, -0.25) is 9.52 Å². The van der Waals surface area contributed by atoms with Crippen molar-refractivity contribution in [2.24, 2.45) is 0 Å². The Balaban J connectivity index is 2.25. The number of sulfonamides is 1. The van der Waals surface area contributed by atoms with Crippen molar-refractivity contribution in [2.45, 2.75) is 19.6 Å². The van der Waals surface area contributed by atoms with Crippen molar-refractivity contribution in [3.05, 3.63) is 53.6 Å². The third-order valence-corrected chi connectivity index (χ3v) is 4.47. The molecule has 0 aliphatic carbocycles. The highest BCUT2D eigenvalue weighted by Gasteiger charge is 2.15. The maximum atomic E-state index is 12.4. The number of amides is 1. The van der Waals surface area contributed by atoms with E-state index in [9.17, 15) is 13.2 Å². The first-order chi connectivity index (χ1) is 11.3. The first-order valence-electron chi connectivity index (χ1n) is 7.31. The highest BCUT2D eigenvalue weighted by molar-refractivity contribution is 7.91. The minimum absolute atomic E-state index is 0.151. The van der Waals surface area contributed by atoms with E-state index in [4.69, 9.17) is 4.74 Å². The number of carbonyl (C=O) groups is 1. The van der Waals surface area contributed by atoms with Crippen molar-refractivity contribution >= 4 is 27.3 Å². The topological polar surface area (TPSA) is 84.5 Å². The zero-order chi connectivity index (χ0) is 17.7.